The fourth-order valence-corrected chi connectivity index (χ4v) is 5.44. The largest absolute Gasteiger partial charge is 0.301 e. The van der Waals surface area contributed by atoms with Crippen LogP contribution in [0.2, 0.25) is 5.02 Å². The Bertz CT molecular complexity index is 1490. The third-order valence-electron chi connectivity index (χ3n) is 5.87. The molecule has 174 valence electrons. The summed E-state index contributed by atoms with van der Waals surface area (Å²) < 4.78 is 0. The molecule has 2 heterocycles. The molecule has 0 bridgehead atoms. The van der Waals surface area contributed by atoms with E-state index in [1.807, 2.05) is 72.8 Å². The van der Waals surface area contributed by atoms with Crippen molar-refractivity contribution in [2.45, 2.75) is 0 Å². The van der Waals surface area contributed by atoms with Gasteiger partial charge in [-0.2, -0.15) is 0 Å². The highest BCUT2D eigenvalue weighted by Gasteiger charge is 2.35. The average molecular weight is 518 g/mol. The van der Waals surface area contributed by atoms with E-state index >= 15 is 0 Å². The topological polar surface area (TPSA) is 43.9 Å². The van der Waals surface area contributed by atoms with Crippen LogP contribution in [-0.2, 0) is 9.59 Å². The molecule has 3 aromatic carbocycles. The Morgan fingerprint density at radius 2 is 1.46 bits per heavy atom. The molecule has 1 aliphatic heterocycles. The lowest BCUT2D eigenvalue weighted by molar-refractivity contribution is -0.132. The molecule has 1 aliphatic rings. The number of para-hydroxylation sites is 1. The van der Waals surface area contributed by atoms with Gasteiger partial charge in [0.15, 0.2) is 5.11 Å². The van der Waals surface area contributed by atoms with Gasteiger partial charge in [0.2, 0.25) is 0 Å². The van der Waals surface area contributed by atoms with E-state index in [9.17, 15) is 9.59 Å². The number of hydrogen-bond donors (Lipinski definition) is 0. The first kappa shape index (κ1) is 23.2. The van der Waals surface area contributed by atoms with Gasteiger partial charge >= 0.3 is 0 Å². The summed E-state index contributed by atoms with van der Waals surface area (Å²) in [6.07, 6.45) is 1.64. The minimum Gasteiger partial charge on any atom is -0.301 e. The molecule has 5 rings (SSSR count). The van der Waals surface area contributed by atoms with Gasteiger partial charge in [-0.3, -0.25) is 19.4 Å². The maximum absolute atomic E-state index is 12.8. The standard InChI is InChI=1S/C27H20ClN3O2S2/c1-29-25(32)21(26(33)30(2)27(29)34)16-18-12-15-24(35-18)31(17-8-4-3-5-9-17)23-14-13-22(28)19-10-6-7-11-20(19)23/h3-16H,1-2H3. The summed E-state index contributed by atoms with van der Waals surface area (Å²) in [5, 5.41) is 3.80. The average Bonchev–Trinajstić information content (AvgIpc) is 3.34. The van der Waals surface area contributed by atoms with Crippen molar-refractivity contribution < 1.29 is 9.59 Å². The zero-order chi connectivity index (χ0) is 24.7. The maximum atomic E-state index is 12.8. The summed E-state index contributed by atoms with van der Waals surface area (Å²) >= 11 is 13.2. The number of halogens is 1. The molecule has 0 spiro atoms. The normalized spacial score (nSPS) is 14.1. The van der Waals surface area contributed by atoms with E-state index < -0.39 is 11.8 Å². The van der Waals surface area contributed by atoms with E-state index in [4.69, 9.17) is 23.8 Å². The highest BCUT2D eigenvalue weighted by Crippen LogP contribution is 2.43. The predicted octanol–water partition coefficient (Wildman–Crippen LogP) is 6.62. The number of likely N-dealkylation sites (N-methyl/N-ethyl adjacent to an activating group) is 2. The second kappa shape index (κ2) is 9.26. The number of hydrogen-bond acceptors (Lipinski definition) is 5. The number of anilines is 3. The lowest BCUT2D eigenvalue weighted by Gasteiger charge is -2.31. The lowest BCUT2D eigenvalue weighted by Crippen LogP contribution is -2.52. The molecule has 0 N–H and O–H groups in total. The molecule has 0 atom stereocenters. The van der Waals surface area contributed by atoms with Crippen molar-refractivity contribution in [3.8, 4) is 0 Å². The molecule has 8 heteroatoms. The number of nitrogens with zero attached hydrogens (tertiary/aromatic N) is 3. The van der Waals surface area contributed by atoms with Crippen molar-refractivity contribution in [3.05, 3.63) is 94.3 Å². The highest BCUT2D eigenvalue weighted by molar-refractivity contribution is 7.80. The van der Waals surface area contributed by atoms with E-state index in [2.05, 4.69) is 11.0 Å². The van der Waals surface area contributed by atoms with Crippen LogP contribution in [0.1, 0.15) is 4.88 Å². The molecule has 2 amide bonds. The Labute approximate surface area is 217 Å². The fraction of sp³-hybridized carbons (Fsp3) is 0.0741. The minimum atomic E-state index is -0.406. The van der Waals surface area contributed by atoms with Crippen molar-refractivity contribution in [3.63, 3.8) is 0 Å². The van der Waals surface area contributed by atoms with Crippen LogP contribution in [0.25, 0.3) is 16.8 Å². The maximum Gasteiger partial charge on any atom is 0.265 e. The number of carbonyl (C=O) groups is 2. The van der Waals surface area contributed by atoms with E-state index in [0.29, 0.717) is 5.02 Å². The first-order valence-corrected chi connectivity index (χ1v) is 12.4. The van der Waals surface area contributed by atoms with Crippen LogP contribution < -0.4 is 4.90 Å². The van der Waals surface area contributed by atoms with Crippen molar-refractivity contribution >= 4 is 85.3 Å². The van der Waals surface area contributed by atoms with Crippen molar-refractivity contribution in [2.24, 2.45) is 0 Å². The summed E-state index contributed by atoms with van der Waals surface area (Å²) in [5.41, 5.74) is 2.04. The van der Waals surface area contributed by atoms with Crippen LogP contribution in [0.3, 0.4) is 0 Å². The van der Waals surface area contributed by atoms with E-state index in [0.717, 1.165) is 32.0 Å². The molecule has 5 nitrogen and oxygen atoms in total. The molecule has 0 aliphatic carbocycles. The van der Waals surface area contributed by atoms with Crippen LogP contribution in [0.15, 0.2) is 84.4 Å². The Morgan fingerprint density at radius 1 is 0.829 bits per heavy atom. The SMILES string of the molecule is CN1C(=O)C(=Cc2ccc(N(c3ccccc3)c3ccc(Cl)c4ccccc34)s2)C(=O)N(C)C1=S. The van der Waals surface area contributed by atoms with E-state index in [-0.39, 0.29) is 10.7 Å². The van der Waals surface area contributed by atoms with Crippen molar-refractivity contribution in [1.29, 1.82) is 0 Å². The van der Waals surface area contributed by atoms with Gasteiger partial charge in [0.05, 0.1) is 5.69 Å². The second-order valence-electron chi connectivity index (χ2n) is 8.03. The predicted molar refractivity (Wildman–Crippen MR) is 148 cm³/mol. The van der Waals surface area contributed by atoms with Crippen LogP contribution in [-0.4, -0.2) is 40.8 Å². The van der Waals surface area contributed by atoms with Gasteiger partial charge in [0, 0.05) is 40.5 Å². The van der Waals surface area contributed by atoms with Crippen LogP contribution in [0, 0.1) is 0 Å². The third kappa shape index (κ3) is 4.12. The molecule has 1 aromatic heterocycles. The summed E-state index contributed by atoms with van der Waals surface area (Å²) in [5.74, 6) is -0.812. The minimum absolute atomic E-state index is 0.0835. The van der Waals surface area contributed by atoms with Gasteiger partial charge in [-0.1, -0.05) is 54.1 Å². The summed E-state index contributed by atoms with van der Waals surface area (Å²) in [7, 11) is 3.15. The van der Waals surface area contributed by atoms with Gasteiger partial charge in [0.1, 0.15) is 10.6 Å². The number of benzene rings is 3. The van der Waals surface area contributed by atoms with Crippen LogP contribution in [0.5, 0.6) is 0 Å². The third-order valence-corrected chi connectivity index (χ3v) is 7.76. The Morgan fingerprint density at radius 3 is 2.14 bits per heavy atom. The molecule has 0 unspecified atom stereocenters. The molecular weight excluding hydrogens is 498 g/mol. The number of amides is 2. The first-order valence-electron chi connectivity index (χ1n) is 10.8. The number of fused-ring (bicyclic) bond motifs is 1. The molecule has 4 aromatic rings. The van der Waals surface area contributed by atoms with E-state index in [1.54, 1.807) is 20.2 Å². The molecule has 35 heavy (non-hydrogen) atoms. The molecule has 1 saturated heterocycles. The smallest absolute Gasteiger partial charge is 0.265 e. The molecule has 0 radical (unpaired) electrons. The molecular formula is C27H20ClN3O2S2. The monoisotopic (exact) mass is 517 g/mol. The number of thiophene rings is 1. The summed E-state index contributed by atoms with van der Waals surface area (Å²) in [4.78, 5) is 31.1. The Kier molecular flexibility index (Phi) is 6.15. The van der Waals surface area contributed by atoms with Gasteiger partial charge in [0.25, 0.3) is 11.8 Å². The zero-order valence-electron chi connectivity index (χ0n) is 18.9. The van der Waals surface area contributed by atoms with Gasteiger partial charge in [-0.15, -0.1) is 11.3 Å². The zero-order valence-corrected chi connectivity index (χ0v) is 21.3. The van der Waals surface area contributed by atoms with Crippen molar-refractivity contribution in [2.75, 3.05) is 19.0 Å². The summed E-state index contributed by atoms with van der Waals surface area (Å²) in [6, 6.07) is 25.9. The molecule has 1 fully saturated rings. The second-order valence-corrected chi connectivity index (χ2v) is 9.89. The Balaban J connectivity index is 1.63. The Hall–Kier alpha value is -3.52. The number of thiocarbonyl (C=S) groups is 1. The lowest BCUT2D eigenvalue weighted by atomic mass is 10.1. The van der Waals surface area contributed by atoms with Gasteiger partial charge in [-0.25, -0.2) is 0 Å². The summed E-state index contributed by atoms with van der Waals surface area (Å²) in [6.45, 7) is 0. The van der Waals surface area contributed by atoms with Crippen LogP contribution >= 0.6 is 35.2 Å². The van der Waals surface area contributed by atoms with Gasteiger partial charge < -0.3 is 4.90 Å². The molecule has 0 saturated carbocycles. The van der Waals surface area contributed by atoms with E-state index in [1.165, 1.54) is 21.1 Å². The van der Waals surface area contributed by atoms with Gasteiger partial charge in [-0.05, 0) is 54.7 Å². The highest BCUT2D eigenvalue weighted by atomic mass is 35.5. The van der Waals surface area contributed by atoms with Crippen molar-refractivity contribution in [1.82, 2.24) is 9.80 Å². The van der Waals surface area contributed by atoms with Crippen LogP contribution in [0.4, 0.5) is 16.4 Å². The quantitative estimate of drug-likeness (QED) is 0.173. The first-order chi connectivity index (χ1) is 16.9. The number of rotatable bonds is 4. The number of carbonyl (C=O) groups excluding carboxylic acids is 2. The fourth-order valence-electron chi connectivity index (χ4n) is 4.06.